The van der Waals surface area contributed by atoms with Gasteiger partial charge in [0.1, 0.15) is 5.70 Å². The van der Waals surface area contributed by atoms with Crippen LogP contribution in [0, 0.1) is 5.92 Å². The highest BCUT2D eigenvalue weighted by Crippen LogP contribution is 2.53. The molecule has 1 aromatic carbocycles. The predicted octanol–water partition coefficient (Wildman–Crippen LogP) is 0.922. The van der Waals surface area contributed by atoms with E-state index < -0.39 is 5.97 Å². The van der Waals surface area contributed by atoms with Gasteiger partial charge in [-0.05, 0) is 24.1 Å². The van der Waals surface area contributed by atoms with Crippen LogP contribution in [-0.4, -0.2) is 45.4 Å². The van der Waals surface area contributed by atoms with Crippen molar-refractivity contribution in [3.8, 4) is 0 Å². The minimum absolute atomic E-state index is 0.0183. The Morgan fingerprint density at radius 2 is 2.04 bits per heavy atom. The van der Waals surface area contributed by atoms with Crippen molar-refractivity contribution in [1.29, 1.82) is 0 Å². The van der Waals surface area contributed by atoms with Crippen LogP contribution in [0.15, 0.2) is 30.0 Å². The van der Waals surface area contributed by atoms with Gasteiger partial charge in [-0.3, -0.25) is 14.5 Å². The van der Waals surface area contributed by atoms with Crippen molar-refractivity contribution < 1.29 is 24.6 Å². The third-order valence-electron chi connectivity index (χ3n) is 3.86. The lowest BCUT2D eigenvalue weighted by Crippen LogP contribution is -2.57. The summed E-state index contributed by atoms with van der Waals surface area (Å²) >= 11 is 1.32. The molecular formula is C15H14N2O5S. The molecule has 1 aromatic rings. The summed E-state index contributed by atoms with van der Waals surface area (Å²) < 4.78 is 0. The molecule has 1 saturated heterocycles. The second-order valence-electron chi connectivity index (χ2n) is 5.16. The molecular weight excluding hydrogens is 320 g/mol. The number of hydrogen-bond donors (Lipinski definition) is 3. The van der Waals surface area contributed by atoms with E-state index in [1.165, 1.54) is 16.7 Å². The number of carboxylic acid groups (broad SMARTS) is 1. The minimum Gasteiger partial charge on any atom is -0.477 e. The van der Waals surface area contributed by atoms with Crippen LogP contribution >= 0.6 is 11.8 Å². The lowest BCUT2D eigenvalue weighted by Gasteiger charge is -2.42. The van der Waals surface area contributed by atoms with Crippen LogP contribution in [0.25, 0.3) is 4.91 Å². The lowest BCUT2D eigenvalue weighted by molar-refractivity contribution is -0.152. The van der Waals surface area contributed by atoms with Crippen LogP contribution < -0.4 is 5.32 Å². The van der Waals surface area contributed by atoms with Crippen LogP contribution in [0.2, 0.25) is 0 Å². The van der Waals surface area contributed by atoms with E-state index >= 15 is 0 Å². The largest absolute Gasteiger partial charge is 0.477 e. The maximum atomic E-state index is 12.1. The standard InChI is InChI=1S/C15H14N2O5S/c18-6-5-10-13(20)17-11(15(21)22)12(23-14(10)17)8-1-3-9(4-2-8)16-7-19/h1-4,7,10,14,18H,5-6H2,(H,16,19)(H,21,22)/t10-,14+/m0/s1. The van der Waals surface area contributed by atoms with Crippen molar-refractivity contribution in [2.24, 2.45) is 5.92 Å². The molecule has 2 aliphatic heterocycles. The van der Waals surface area contributed by atoms with Crippen LogP contribution in [0.1, 0.15) is 12.0 Å². The number of anilines is 1. The van der Waals surface area contributed by atoms with Crippen LogP contribution in [-0.2, 0) is 14.4 Å². The fourth-order valence-corrected chi connectivity index (χ4v) is 4.32. The number of hydrogen-bond acceptors (Lipinski definition) is 5. The summed E-state index contributed by atoms with van der Waals surface area (Å²) in [4.78, 5) is 35.9. The monoisotopic (exact) mass is 334 g/mol. The smallest absolute Gasteiger partial charge is 0.353 e. The molecule has 3 rings (SSSR count). The van der Waals surface area contributed by atoms with Crippen molar-refractivity contribution in [3.63, 3.8) is 0 Å². The van der Waals surface area contributed by atoms with E-state index in [4.69, 9.17) is 5.11 Å². The molecule has 0 unspecified atom stereocenters. The number of benzene rings is 1. The highest BCUT2D eigenvalue weighted by molar-refractivity contribution is 8.09. The number of aliphatic hydroxyl groups excluding tert-OH is 1. The van der Waals surface area contributed by atoms with Crippen molar-refractivity contribution in [2.45, 2.75) is 11.8 Å². The van der Waals surface area contributed by atoms with Crippen molar-refractivity contribution in [3.05, 3.63) is 35.5 Å². The minimum atomic E-state index is -1.15. The van der Waals surface area contributed by atoms with Crippen molar-refractivity contribution >= 4 is 40.6 Å². The zero-order valence-corrected chi connectivity index (χ0v) is 12.7. The summed E-state index contributed by atoms with van der Waals surface area (Å²) in [5.41, 5.74) is 1.26. The number of nitrogens with one attached hydrogen (secondary N) is 1. The van der Waals surface area contributed by atoms with E-state index in [1.54, 1.807) is 24.3 Å². The zero-order valence-electron chi connectivity index (χ0n) is 11.9. The van der Waals surface area contributed by atoms with Gasteiger partial charge in [-0.25, -0.2) is 4.79 Å². The van der Waals surface area contributed by atoms with Crippen molar-refractivity contribution in [1.82, 2.24) is 4.90 Å². The number of thioether (sulfide) groups is 1. The molecule has 0 aromatic heterocycles. The predicted molar refractivity (Wildman–Crippen MR) is 84.1 cm³/mol. The van der Waals surface area contributed by atoms with Gasteiger partial charge >= 0.3 is 5.97 Å². The van der Waals surface area contributed by atoms with Gasteiger partial charge in [0.2, 0.25) is 12.3 Å². The number of carbonyl (C=O) groups is 3. The Bertz CT molecular complexity index is 700. The third-order valence-corrected chi connectivity index (χ3v) is 5.31. The second kappa shape index (κ2) is 6.05. The number of rotatable bonds is 6. The quantitative estimate of drug-likeness (QED) is 0.527. The fourth-order valence-electron chi connectivity index (χ4n) is 2.78. The molecule has 120 valence electrons. The lowest BCUT2D eigenvalue weighted by atomic mass is 9.94. The normalized spacial score (nSPS) is 22.7. The number of β-lactam (4-membered cyclic amide) rings is 1. The first-order valence-electron chi connectivity index (χ1n) is 6.97. The summed E-state index contributed by atoms with van der Waals surface area (Å²) in [5, 5.41) is 20.7. The fraction of sp³-hybridized carbons (Fsp3) is 0.267. The first-order chi connectivity index (χ1) is 11.1. The Hall–Kier alpha value is -2.32. The van der Waals surface area contributed by atoms with Gasteiger partial charge in [-0.1, -0.05) is 23.9 Å². The van der Waals surface area contributed by atoms with Crippen LogP contribution in [0.5, 0.6) is 0 Å². The molecule has 0 bridgehead atoms. The average molecular weight is 334 g/mol. The number of amides is 2. The maximum Gasteiger partial charge on any atom is 0.353 e. The highest BCUT2D eigenvalue weighted by atomic mass is 32.2. The highest BCUT2D eigenvalue weighted by Gasteiger charge is 2.55. The Balaban J connectivity index is 1.93. The number of aliphatic hydroxyl groups is 1. The van der Waals surface area contributed by atoms with Crippen molar-refractivity contribution in [2.75, 3.05) is 11.9 Å². The average Bonchev–Trinajstić information content (AvgIpc) is 2.90. The molecule has 2 heterocycles. The molecule has 2 aliphatic rings. The molecule has 0 radical (unpaired) electrons. The topological polar surface area (TPSA) is 107 Å². The number of fused-ring (bicyclic) bond motifs is 1. The van der Waals surface area contributed by atoms with E-state index in [2.05, 4.69) is 5.32 Å². The second-order valence-corrected chi connectivity index (χ2v) is 6.28. The summed E-state index contributed by atoms with van der Waals surface area (Å²) in [6.45, 7) is -0.106. The van der Waals surface area contributed by atoms with E-state index in [0.29, 0.717) is 29.0 Å². The third kappa shape index (κ3) is 2.49. The van der Waals surface area contributed by atoms with Crippen LogP contribution in [0.4, 0.5) is 5.69 Å². The van der Waals surface area contributed by atoms with E-state index in [1.807, 2.05) is 0 Å². The molecule has 23 heavy (non-hydrogen) atoms. The van der Waals surface area contributed by atoms with Crippen LogP contribution in [0.3, 0.4) is 0 Å². The zero-order chi connectivity index (χ0) is 16.6. The molecule has 0 aliphatic carbocycles. The molecule has 3 N–H and O–H groups in total. The first-order valence-corrected chi connectivity index (χ1v) is 7.85. The van der Waals surface area contributed by atoms with Gasteiger partial charge in [0.05, 0.1) is 11.3 Å². The Labute approximate surface area is 136 Å². The number of aliphatic carboxylic acids is 1. The van der Waals surface area contributed by atoms with Gasteiger partial charge in [-0.2, -0.15) is 0 Å². The van der Waals surface area contributed by atoms with E-state index in [-0.39, 0.29) is 29.5 Å². The molecule has 0 saturated carbocycles. The number of carboxylic acids is 1. The van der Waals surface area contributed by atoms with E-state index in [9.17, 15) is 19.5 Å². The van der Waals surface area contributed by atoms with Gasteiger partial charge in [0.15, 0.2) is 0 Å². The van der Waals surface area contributed by atoms with Gasteiger partial charge < -0.3 is 15.5 Å². The van der Waals surface area contributed by atoms with E-state index in [0.717, 1.165) is 0 Å². The van der Waals surface area contributed by atoms with Gasteiger partial charge in [0, 0.05) is 17.2 Å². The van der Waals surface area contributed by atoms with Gasteiger partial charge in [0.25, 0.3) is 0 Å². The Morgan fingerprint density at radius 3 is 2.61 bits per heavy atom. The Kier molecular flexibility index (Phi) is 4.10. The van der Waals surface area contributed by atoms with Gasteiger partial charge in [-0.15, -0.1) is 0 Å². The first kappa shape index (κ1) is 15.6. The Morgan fingerprint density at radius 1 is 1.35 bits per heavy atom. The summed E-state index contributed by atoms with van der Waals surface area (Å²) in [6, 6.07) is 6.74. The molecule has 2 amide bonds. The summed E-state index contributed by atoms with van der Waals surface area (Å²) in [7, 11) is 0. The molecule has 1 fully saturated rings. The summed E-state index contributed by atoms with van der Waals surface area (Å²) in [5.74, 6) is -1.77. The maximum absolute atomic E-state index is 12.1. The summed E-state index contributed by atoms with van der Waals surface area (Å²) in [6.07, 6.45) is 0.890. The molecule has 8 heteroatoms. The molecule has 2 atom stereocenters. The SMILES string of the molecule is O=CNc1ccc(C2=C(C(=O)O)N3C(=O)[C@H](CCO)[C@H]3S2)cc1. The molecule has 7 nitrogen and oxygen atoms in total. The molecule has 0 spiro atoms. The number of nitrogens with zero attached hydrogens (tertiary/aromatic N) is 1. The number of carbonyl (C=O) groups excluding carboxylic acids is 2.